The van der Waals surface area contributed by atoms with Crippen LogP contribution in [0, 0.1) is 11.8 Å². The van der Waals surface area contributed by atoms with Gasteiger partial charge in [0, 0.05) is 13.2 Å². The Morgan fingerprint density at radius 1 is 0.778 bits per heavy atom. The van der Waals surface area contributed by atoms with Crippen LogP contribution >= 0.6 is 0 Å². The Hall–Kier alpha value is -0.0400. The van der Waals surface area contributed by atoms with E-state index in [1.807, 2.05) is 0 Å². The minimum absolute atomic E-state index is 0. The predicted octanol–water partition coefficient (Wildman–Crippen LogP) is 7.55. The molecule has 0 spiro atoms. The van der Waals surface area contributed by atoms with Gasteiger partial charge in [-0.3, -0.25) is 0 Å². The van der Waals surface area contributed by atoms with Crippen LogP contribution in [0.15, 0.2) is 0 Å². The summed E-state index contributed by atoms with van der Waals surface area (Å²) in [6, 6.07) is 0. The molecule has 1 unspecified atom stereocenters. The molecule has 0 heterocycles. The second kappa shape index (κ2) is 36.0. The molecule has 0 radical (unpaired) electrons. The van der Waals surface area contributed by atoms with Crippen molar-refractivity contribution in [3.05, 3.63) is 0 Å². The normalized spacial score (nSPS) is 8.50. The van der Waals surface area contributed by atoms with Crippen molar-refractivity contribution in [3.8, 4) is 0 Å². The van der Waals surface area contributed by atoms with E-state index in [0.29, 0.717) is 0 Å². The topological polar surface area (TPSA) is 9.23 Å². The van der Waals surface area contributed by atoms with E-state index in [1.54, 1.807) is 0 Å². The van der Waals surface area contributed by atoms with Gasteiger partial charge in [-0.2, -0.15) is 0 Å². The van der Waals surface area contributed by atoms with Crippen LogP contribution in [-0.2, 0) is 4.74 Å². The Bertz CT molecular complexity index is 79.7. The Morgan fingerprint density at radius 2 is 1.17 bits per heavy atom. The summed E-state index contributed by atoms with van der Waals surface area (Å²) in [6.07, 6.45) is 2.55. The van der Waals surface area contributed by atoms with Gasteiger partial charge in [0.25, 0.3) is 0 Å². The zero-order chi connectivity index (χ0) is 8.69. The molecular weight excluding hydrogens is 220 g/mol. The number of hydrogen-bond acceptors (Lipinski definition) is 1. The highest BCUT2D eigenvalue weighted by molar-refractivity contribution is 4.58. The third-order valence-corrected chi connectivity index (χ3v) is 1.94. The molecule has 0 aromatic heterocycles. The van der Waals surface area contributed by atoms with E-state index in [0.717, 1.165) is 25.0 Å². The largest absolute Gasteiger partial charge is 0.381 e. The molecule has 0 bridgehead atoms. The van der Waals surface area contributed by atoms with E-state index in [-0.39, 0.29) is 52.0 Å². The van der Waals surface area contributed by atoms with Gasteiger partial charge >= 0.3 is 0 Å². The van der Waals surface area contributed by atoms with Crippen molar-refractivity contribution in [3.63, 3.8) is 0 Å². The van der Waals surface area contributed by atoms with Crippen molar-refractivity contribution in [2.24, 2.45) is 11.8 Å². The quantitative estimate of drug-likeness (QED) is 0.484. The third kappa shape index (κ3) is 36.0. The van der Waals surface area contributed by atoms with Gasteiger partial charge in [0.05, 0.1) is 0 Å². The maximum Gasteiger partial charge on any atom is 0.0494 e. The Morgan fingerprint density at radius 3 is 1.39 bits per heavy atom. The predicted molar refractivity (Wildman–Crippen MR) is 96.8 cm³/mol. The summed E-state index contributed by atoms with van der Waals surface area (Å²) in [6.45, 7) is 10.6. The first-order valence-corrected chi connectivity index (χ1v) is 4.78. The summed E-state index contributed by atoms with van der Waals surface area (Å²) >= 11 is 0. The van der Waals surface area contributed by atoms with Crippen molar-refractivity contribution in [1.82, 2.24) is 0 Å². The van der Waals surface area contributed by atoms with Gasteiger partial charge in [0.2, 0.25) is 0 Å². The molecule has 1 atom stereocenters. The van der Waals surface area contributed by atoms with Crippen LogP contribution < -0.4 is 0 Å². The molecule has 0 rings (SSSR count). The van der Waals surface area contributed by atoms with Gasteiger partial charge in [-0.15, -0.1) is 0 Å². The molecule has 1 heteroatoms. The van der Waals surface area contributed by atoms with Crippen LogP contribution in [0.4, 0.5) is 0 Å². The summed E-state index contributed by atoms with van der Waals surface area (Å²) in [5.41, 5.74) is 0. The Balaban J connectivity index is -0.0000000238. The highest BCUT2D eigenvalue weighted by atomic mass is 16.5. The second-order valence-corrected chi connectivity index (χ2v) is 3.56. The molecule has 0 N–H and O–H groups in total. The molecule has 0 saturated carbocycles. The number of hydrogen-bond donors (Lipinski definition) is 0. The van der Waals surface area contributed by atoms with Crippen molar-refractivity contribution in [2.75, 3.05) is 13.2 Å². The monoisotopic (exact) mass is 270 g/mol. The summed E-state index contributed by atoms with van der Waals surface area (Å²) in [7, 11) is 0. The highest BCUT2D eigenvalue weighted by Crippen LogP contribution is 2.14. The van der Waals surface area contributed by atoms with Crippen LogP contribution in [0.1, 0.15) is 92.5 Å². The van der Waals surface area contributed by atoms with E-state index >= 15 is 0 Å². The van der Waals surface area contributed by atoms with Crippen LogP contribution in [0.3, 0.4) is 0 Å². The lowest BCUT2D eigenvalue weighted by Gasteiger charge is -2.16. The molecule has 0 fully saturated rings. The Kier molecular flexibility index (Phi) is 104. The van der Waals surface area contributed by atoms with Crippen LogP contribution in [0.25, 0.3) is 0 Å². The molecule has 0 aromatic carbocycles. The summed E-state index contributed by atoms with van der Waals surface area (Å²) in [4.78, 5) is 0. The second-order valence-electron chi connectivity index (χ2n) is 3.56. The SMILES string of the molecule is C.C.C.C.C.C.C.CCOCC(CC)CC(C)C. The molecule has 0 amide bonds. The van der Waals surface area contributed by atoms with E-state index in [1.165, 1.54) is 12.8 Å². The third-order valence-electron chi connectivity index (χ3n) is 1.94. The summed E-state index contributed by atoms with van der Waals surface area (Å²) < 4.78 is 5.39. The first-order valence-electron chi connectivity index (χ1n) is 4.78. The lowest BCUT2D eigenvalue weighted by Crippen LogP contribution is -2.11. The molecule has 124 valence electrons. The van der Waals surface area contributed by atoms with Crippen molar-refractivity contribution in [2.45, 2.75) is 92.5 Å². The standard InChI is InChI=1S/C10H22O.7CH4/c1-5-10(7-9(3)4)8-11-6-2;;;;;;;/h9-10H,5-8H2,1-4H3;7*1H4. The first-order chi connectivity index (χ1) is 5.20. The van der Waals surface area contributed by atoms with Gasteiger partial charge < -0.3 is 4.74 Å². The fourth-order valence-corrected chi connectivity index (χ4v) is 1.30. The molecule has 0 aromatic rings. The minimum Gasteiger partial charge on any atom is -0.381 e. The molecule has 0 aliphatic carbocycles. The van der Waals surface area contributed by atoms with Gasteiger partial charge in [-0.25, -0.2) is 0 Å². The maximum absolute atomic E-state index is 5.39. The fourth-order valence-electron chi connectivity index (χ4n) is 1.30. The lowest BCUT2D eigenvalue weighted by atomic mass is 9.96. The molecule has 18 heavy (non-hydrogen) atoms. The zero-order valence-electron chi connectivity index (χ0n) is 8.39. The average molecular weight is 271 g/mol. The number of rotatable bonds is 6. The van der Waals surface area contributed by atoms with Crippen molar-refractivity contribution >= 4 is 0 Å². The Labute approximate surface area is 123 Å². The molecule has 1 nitrogen and oxygen atoms in total. The zero-order valence-corrected chi connectivity index (χ0v) is 8.39. The van der Waals surface area contributed by atoms with Crippen LogP contribution in [0.2, 0.25) is 0 Å². The van der Waals surface area contributed by atoms with Crippen molar-refractivity contribution < 1.29 is 4.74 Å². The van der Waals surface area contributed by atoms with Gasteiger partial charge in [-0.05, 0) is 25.2 Å². The molecule has 0 saturated heterocycles. The van der Waals surface area contributed by atoms with Crippen LogP contribution in [-0.4, -0.2) is 13.2 Å². The average Bonchev–Trinajstić information content (AvgIpc) is 1.97. The van der Waals surface area contributed by atoms with Crippen LogP contribution in [0.5, 0.6) is 0 Å². The van der Waals surface area contributed by atoms with Gasteiger partial charge in [0.1, 0.15) is 0 Å². The van der Waals surface area contributed by atoms with Gasteiger partial charge in [0.15, 0.2) is 0 Å². The number of ether oxygens (including phenoxy) is 1. The summed E-state index contributed by atoms with van der Waals surface area (Å²) in [5.74, 6) is 1.58. The smallest absolute Gasteiger partial charge is 0.0494 e. The highest BCUT2D eigenvalue weighted by Gasteiger charge is 2.07. The summed E-state index contributed by atoms with van der Waals surface area (Å²) in [5, 5.41) is 0. The molecular formula is C17H50O. The maximum atomic E-state index is 5.39. The van der Waals surface area contributed by atoms with E-state index in [4.69, 9.17) is 4.74 Å². The van der Waals surface area contributed by atoms with E-state index < -0.39 is 0 Å². The molecule has 0 aliphatic heterocycles. The van der Waals surface area contributed by atoms with Crippen molar-refractivity contribution in [1.29, 1.82) is 0 Å². The van der Waals surface area contributed by atoms with E-state index in [9.17, 15) is 0 Å². The lowest BCUT2D eigenvalue weighted by molar-refractivity contribution is 0.100. The molecule has 0 aliphatic rings. The fraction of sp³-hybridized carbons (Fsp3) is 1.00. The first kappa shape index (κ1) is 52.1. The van der Waals surface area contributed by atoms with E-state index in [2.05, 4.69) is 27.7 Å². The van der Waals surface area contributed by atoms with Gasteiger partial charge in [-0.1, -0.05) is 79.2 Å². The minimum atomic E-state index is 0.